The van der Waals surface area contributed by atoms with Gasteiger partial charge in [0.05, 0.1) is 4.92 Å². The van der Waals surface area contributed by atoms with Crippen molar-refractivity contribution in [2.45, 2.75) is 13.3 Å². The van der Waals surface area contributed by atoms with Crippen molar-refractivity contribution >= 4 is 32.5 Å². The Bertz CT molecular complexity index is 569. The number of non-ortho nitro benzene ring substituents is 1. The fraction of sp³-hybridized carbons (Fsp3) is 0.182. The minimum absolute atomic E-state index is 0.0495. The second kappa shape index (κ2) is 4.17. The van der Waals surface area contributed by atoms with Gasteiger partial charge >= 0.3 is 0 Å². The van der Waals surface area contributed by atoms with Gasteiger partial charge in [-0.15, -0.1) is 0 Å². The Balaban J connectivity index is 2.83. The lowest BCUT2D eigenvalue weighted by Gasteiger charge is -2.03. The Hall–Kier alpha value is -1.49. The summed E-state index contributed by atoms with van der Waals surface area (Å²) < 4.78 is 0.822. The third kappa shape index (κ3) is 1.78. The molecule has 0 bridgehead atoms. The van der Waals surface area contributed by atoms with E-state index in [0.29, 0.717) is 5.52 Å². The molecule has 0 saturated carbocycles. The van der Waals surface area contributed by atoms with Crippen LogP contribution in [-0.4, -0.2) is 9.91 Å². The van der Waals surface area contributed by atoms with Crippen LogP contribution < -0.4 is 0 Å². The lowest BCUT2D eigenvalue weighted by Crippen LogP contribution is -1.94. The molecule has 16 heavy (non-hydrogen) atoms. The van der Waals surface area contributed by atoms with Crippen molar-refractivity contribution in [3.8, 4) is 0 Å². The van der Waals surface area contributed by atoms with Crippen LogP contribution in [0.4, 0.5) is 5.69 Å². The molecule has 1 heterocycles. The van der Waals surface area contributed by atoms with E-state index in [9.17, 15) is 10.1 Å². The van der Waals surface area contributed by atoms with Crippen LogP contribution in [0.15, 0.2) is 28.7 Å². The molecule has 0 aliphatic rings. The number of nitrogens with zero attached hydrogens (tertiary/aromatic N) is 2. The van der Waals surface area contributed by atoms with Gasteiger partial charge in [-0.3, -0.25) is 10.1 Å². The summed E-state index contributed by atoms with van der Waals surface area (Å²) in [4.78, 5) is 14.8. The number of nitro groups is 1. The predicted octanol–water partition coefficient (Wildman–Crippen LogP) is 3.47. The quantitative estimate of drug-likeness (QED) is 0.625. The molecule has 82 valence electrons. The number of nitro benzene ring substituents is 1. The van der Waals surface area contributed by atoms with Gasteiger partial charge in [0.25, 0.3) is 5.69 Å². The van der Waals surface area contributed by atoms with E-state index in [4.69, 9.17) is 0 Å². The molecule has 0 radical (unpaired) electrons. The van der Waals surface area contributed by atoms with Gasteiger partial charge in [0, 0.05) is 21.6 Å². The first-order valence-corrected chi connectivity index (χ1v) is 5.65. The van der Waals surface area contributed by atoms with Crippen molar-refractivity contribution in [3.05, 3.63) is 44.5 Å². The predicted molar refractivity (Wildman–Crippen MR) is 65.5 cm³/mol. The summed E-state index contributed by atoms with van der Waals surface area (Å²) in [5, 5.41) is 11.6. The summed E-state index contributed by atoms with van der Waals surface area (Å²) >= 11 is 3.36. The molecule has 0 unspecified atom stereocenters. The highest BCUT2D eigenvalue weighted by molar-refractivity contribution is 9.10. The summed E-state index contributed by atoms with van der Waals surface area (Å²) in [5.41, 5.74) is 1.35. The van der Waals surface area contributed by atoms with Gasteiger partial charge in [0.2, 0.25) is 0 Å². The number of aryl methyl sites for hydroxylation is 1. The molecule has 2 aromatic rings. The van der Waals surface area contributed by atoms with Crippen LogP contribution in [0.5, 0.6) is 0 Å². The van der Waals surface area contributed by atoms with E-state index in [1.165, 1.54) is 6.07 Å². The van der Waals surface area contributed by atoms with Crippen LogP contribution in [-0.2, 0) is 6.42 Å². The highest BCUT2D eigenvalue weighted by atomic mass is 79.9. The van der Waals surface area contributed by atoms with E-state index in [1.807, 2.05) is 19.1 Å². The zero-order valence-corrected chi connectivity index (χ0v) is 10.2. The monoisotopic (exact) mass is 280 g/mol. The third-order valence-electron chi connectivity index (χ3n) is 2.40. The molecule has 2 rings (SSSR count). The fourth-order valence-corrected chi connectivity index (χ4v) is 2.00. The Kier molecular flexibility index (Phi) is 2.87. The van der Waals surface area contributed by atoms with Crippen LogP contribution in [0.25, 0.3) is 10.9 Å². The number of pyridine rings is 1. The molecule has 0 aliphatic carbocycles. The van der Waals surface area contributed by atoms with Crippen LogP contribution >= 0.6 is 15.9 Å². The summed E-state index contributed by atoms with van der Waals surface area (Å²) in [7, 11) is 0. The molecule has 0 atom stereocenters. The zero-order valence-electron chi connectivity index (χ0n) is 8.61. The Morgan fingerprint density at radius 2 is 2.12 bits per heavy atom. The molecule has 0 fully saturated rings. The lowest BCUT2D eigenvalue weighted by atomic mass is 10.1. The summed E-state index contributed by atoms with van der Waals surface area (Å²) in [6, 6.07) is 6.89. The van der Waals surface area contributed by atoms with Crippen molar-refractivity contribution in [2.24, 2.45) is 0 Å². The van der Waals surface area contributed by atoms with Crippen LogP contribution in [0.2, 0.25) is 0 Å². The van der Waals surface area contributed by atoms with E-state index in [1.54, 1.807) is 6.07 Å². The topological polar surface area (TPSA) is 56.0 Å². The van der Waals surface area contributed by atoms with Crippen LogP contribution in [0.1, 0.15) is 12.6 Å². The number of halogens is 1. The standard InChI is InChI=1S/C11H9BrN2O2/c1-2-7-3-4-8-9(12)5-6-10(14(15)16)11(8)13-7/h3-6H,2H2,1H3. The average molecular weight is 281 g/mol. The van der Waals surface area contributed by atoms with Gasteiger partial charge in [-0.05, 0) is 24.6 Å². The van der Waals surface area contributed by atoms with Crippen LogP contribution in [0.3, 0.4) is 0 Å². The molecule has 1 aromatic carbocycles. The molecular weight excluding hydrogens is 272 g/mol. The molecule has 5 heteroatoms. The average Bonchev–Trinajstić information content (AvgIpc) is 2.28. The number of fused-ring (bicyclic) bond motifs is 1. The number of rotatable bonds is 2. The largest absolute Gasteiger partial charge is 0.295 e. The molecule has 4 nitrogen and oxygen atoms in total. The number of aromatic nitrogens is 1. The van der Waals surface area contributed by atoms with Gasteiger partial charge < -0.3 is 0 Å². The molecule has 0 spiro atoms. The van der Waals surface area contributed by atoms with Crippen LogP contribution in [0, 0.1) is 10.1 Å². The van der Waals surface area contributed by atoms with Gasteiger partial charge in [-0.1, -0.05) is 22.9 Å². The third-order valence-corrected chi connectivity index (χ3v) is 3.09. The molecule has 0 N–H and O–H groups in total. The summed E-state index contributed by atoms with van der Waals surface area (Å²) in [6.07, 6.45) is 0.763. The number of hydrogen-bond acceptors (Lipinski definition) is 3. The first kappa shape index (κ1) is 11.0. The minimum atomic E-state index is -0.402. The Morgan fingerprint density at radius 1 is 1.38 bits per heavy atom. The maximum atomic E-state index is 10.9. The molecule has 0 aliphatic heterocycles. The highest BCUT2D eigenvalue weighted by Crippen LogP contribution is 2.30. The van der Waals surface area contributed by atoms with Gasteiger partial charge in [-0.25, -0.2) is 4.98 Å². The molecule has 1 aromatic heterocycles. The minimum Gasteiger partial charge on any atom is -0.258 e. The van der Waals surface area contributed by atoms with Crippen molar-refractivity contribution in [2.75, 3.05) is 0 Å². The van der Waals surface area contributed by atoms with Crippen molar-refractivity contribution < 1.29 is 4.92 Å². The number of hydrogen-bond donors (Lipinski definition) is 0. The first-order chi connectivity index (χ1) is 7.63. The van der Waals surface area contributed by atoms with E-state index in [-0.39, 0.29) is 5.69 Å². The summed E-state index contributed by atoms with van der Waals surface area (Å²) in [5.74, 6) is 0. The number of benzene rings is 1. The SMILES string of the molecule is CCc1ccc2c(Br)ccc([N+](=O)[O-])c2n1. The highest BCUT2D eigenvalue weighted by Gasteiger charge is 2.15. The Morgan fingerprint density at radius 3 is 2.75 bits per heavy atom. The van der Waals surface area contributed by atoms with E-state index >= 15 is 0 Å². The van der Waals surface area contributed by atoms with E-state index in [0.717, 1.165) is 22.0 Å². The van der Waals surface area contributed by atoms with Crippen molar-refractivity contribution in [3.63, 3.8) is 0 Å². The second-order valence-electron chi connectivity index (χ2n) is 3.38. The first-order valence-electron chi connectivity index (χ1n) is 4.86. The van der Waals surface area contributed by atoms with Gasteiger partial charge in [-0.2, -0.15) is 0 Å². The van der Waals surface area contributed by atoms with Crippen molar-refractivity contribution in [1.82, 2.24) is 4.98 Å². The van der Waals surface area contributed by atoms with E-state index in [2.05, 4.69) is 20.9 Å². The smallest absolute Gasteiger partial charge is 0.258 e. The Labute approximate surface area is 101 Å². The zero-order chi connectivity index (χ0) is 11.7. The van der Waals surface area contributed by atoms with Crippen molar-refractivity contribution in [1.29, 1.82) is 0 Å². The molecule has 0 saturated heterocycles. The maximum Gasteiger partial charge on any atom is 0.295 e. The maximum absolute atomic E-state index is 10.9. The second-order valence-corrected chi connectivity index (χ2v) is 4.23. The molecule has 0 amide bonds. The molecular formula is C11H9BrN2O2. The van der Waals surface area contributed by atoms with Gasteiger partial charge in [0.15, 0.2) is 0 Å². The normalized spacial score (nSPS) is 10.6. The lowest BCUT2D eigenvalue weighted by molar-refractivity contribution is -0.383. The van der Waals surface area contributed by atoms with Gasteiger partial charge in [0.1, 0.15) is 5.52 Å². The summed E-state index contributed by atoms with van der Waals surface area (Å²) in [6.45, 7) is 1.97. The van der Waals surface area contributed by atoms with E-state index < -0.39 is 4.92 Å². The fourth-order valence-electron chi connectivity index (χ4n) is 1.55.